The van der Waals surface area contributed by atoms with Crippen molar-refractivity contribution >= 4 is 16.8 Å². The number of nitrogens with zero attached hydrogens (tertiary/aromatic N) is 2. The van der Waals surface area contributed by atoms with Gasteiger partial charge in [-0.1, -0.05) is 39.0 Å². The summed E-state index contributed by atoms with van der Waals surface area (Å²) in [7, 11) is 0. The molecule has 0 bridgehead atoms. The van der Waals surface area contributed by atoms with Crippen molar-refractivity contribution in [3.63, 3.8) is 0 Å². The summed E-state index contributed by atoms with van der Waals surface area (Å²) in [5.74, 6) is -0.0875. The second-order valence-corrected chi connectivity index (χ2v) is 6.70. The second-order valence-electron chi connectivity index (χ2n) is 6.70. The fourth-order valence-electron chi connectivity index (χ4n) is 2.63. The van der Waals surface area contributed by atoms with E-state index in [-0.39, 0.29) is 11.3 Å². The summed E-state index contributed by atoms with van der Waals surface area (Å²) in [5, 5.41) is 9.99. The fourth-order valence-corrected chi connectivity index (χ4v) is 2.63. The summed E-state index contributed by atoms with van der Waals surface area (Å²) in [5.41, 5.74) is 3.20. The summed E-state index contributed by atoms with van der Waals surface area (Å²) in [6.45, 7) is 6.44. The van der Waals surface area contributed by atoms with Crippen LogP contribution < -0.4 is 0 Å². The first-order valence-corrected chi connectivity index (χ1v) is 7.56. The van der Waals surface area contributed by atoms with Crippen molar-refractivity contribution in [2.75, 3.05) is 0 Å². The Labute approximate surface area is 135 Å². The molecule has 2 aromatic carbocycles. The Hall–Kier alpha value is -2.86. The third-order valence-corrected chi connectivity index (χ3v) is 4.04. The van der Waals surface area contributed by atoms with Crippen LogP contribution in [0, 0.1) is 11.3 Å². The van der Waals surface area contributed by atoms with Crippen LogP contribution in [-0.2, 0) is 5.41 Å². The van der Waals surface area contributed by atoms with E-state index < -0.39 is 0 Å². The molecule has 3 rings (SSSR count). The third-order valence-electron chi connectivity index (χ3n) is 4.04. The van der Waals surface area contributed by atoms with Gasteiger partial charge in [-0.05, 0) is 41.3 Å². The SMILES string of the molecule is CC(C)(C)c1ccc(C(=O)n2ccc3ccc(C#N)cc32)cc1. The molecule has 0 amide bonds. The largest absolute Gasteiger partial charge is 0.283 e. The van der Waals surface area contributed by atoms with Crippen LogP contribution in [-0.4, -0.2) is 10.5 Å². The predicted molar refractivity (Wildman–Crippen MR) is 91.5 cm³/mol. The number of aromatic nitrogens is 1. The maximum absolute atomic E-state index is 12.8. The second kappa shape index (κ2) is 5.40. The van der Waals surface area contributed by atoms with E-state index in [4.69, 9.17) is 5.26 Å². The van der Waals surface area contributed by atoms with Crippen LogP contribution in [0.3, 0.4) is 0 Å². The molecule has 1 heterocycles. The van der Waals surface area contributed by atoms with Crippen molar-refractivity contribution in [1.29, 1.82) is 5.26 Å². The van der Waals surface area contributed by atoms with Crippen molar-refractivity contribution in [3.05, 3.63) is 71.4 Å². The van der Waals surface area contributed by atoms with E-state index in [0.717, 1.165) is 10.9 Å². The smallest absolute Gasteiger partial charge is 0.262 e. The van der Waals surface area contributed by atoms with Crippen molar-refractivity contribution < 1.29 is 4.79 Å². The standard InChI is InChI=1S/C20H18N2O/c1-20(2,3)17-8-6-16(7-9-17)19(23)22-11-10-15-5-4-14(13-21)12-18(15)22/h4-12H,1-3H3. The van der Waals surface area contributed by atoms with Gasteiger partial charge in [-0.15, -0.1) is 0 Å². The number of hydrogen-bond donors (Lipinski definition) is 0. The lowest BCUT2D eigenvalue weighted by atomic mass is 9.87. The Morgan fingerprint density at radius 2 is 1.74 bits per heavy atom. The van der Waals surface area contributed by atoms with Crippen LogP contribution >= 0.6 is 0 Å². The van der Waals surface area contributed by atoms with Gasteiger partial charge in [-0.2, -0.15) is 5.26 Å². The minimum atomic E-state index is -0.0875. The third kappa shape index (κ3) is 2.76. The zero-order valence-electron chi connectivity index (χ0n) is 13.5. The van der Waals surface area contributed by atoms with E-state index in [1.165, 1.54) is 5.56 Å². The Morgan fingerprint density at radius 3 is 2.35 bits per heavy atom. The normalized spacial score (nSPS) is 11.4. The van der Waals surface area contributed by atoms with Crippen LogP contribution in [0.4, 0.5) is 0 Å². The van der Waals surface area contributed by atoms with Crippen LogP contribution in [0.1, 0.15) is 42.3 Å². The van der Waals surface area contributed by atoms with Gasteiger partial charge in [0.05, 0.1) is 17.1 Å². The molecule has 3 aromatic rings. The predicted octanol–water partition coefficient (Wildman–Crippen LogP) is 4.50. The molecule has 0 aliphatic carbocycles. The van der Waals surface area contributed by atoms with Crippen molar-refractivity contribution in [3.8, 4) is 6.07 Å². The van der Waals surface area contributed by atoms with E-state index >= 15 is 0 Å². The van der Waals surface area contributed by atoms with Crippen molar-refractivity contribution in [2.24, 2.45) is 0 Å². The molecule has 0 saturated heterocycles. The molecule has 0 fully saturated rings. The van der Waals surface area contributed by atoms with Crippen LogP contribution in [0.25, 0.3) is 10.9 Å². The lowest BCUT2D eigenvalue weighted by Crippen LogP contribution is -2.13. The van der Waals surface area contributed by atoms with Crippen LogP contribution in [0.5, 0.6) is 0 Å². The molecule has 0 spiro atoms. The van der Waals surface area contributed by atoms with E-state index in [0.29, 0.717) is 11.1 Å². The van der Waals surface area contributed by atoms with E-state index in [2.05, 4.69) is 26.8 Å². The highest BCUT2D eigenvalue weighted by atomic mass is 16.2. The maximum atomic E-state index is 12.8. The summed E-state index contributed by atoms with van der Waals surface area (Å²) < 4.78 is 1.60. The molecule has 0 unspecified atom stereocenters. The zero-order valence-corrected chi connectivity index (χ0v) is 13.5. The Morgan fingerprint density at radius 1 is 1.04 bits per heavy atom. The molecule has 3 nitrogen and oxygen atoms in total. The maximum Gasteiger partial charge on any atom is 0.262 e. The minimum Gasteiger partial charge on any atom is -0.283 e. The van der Waals surface area contributed by atoms with Crippen molar-refractivity contribution in [2.45, 2.75) is 26.2 Å². The topological polar surface area (TPSA) is 45.8 Å². The van der Waals surface area contributed by atoms with Gasteiger partial charge in [0, 0.05) is 17.1 Å². The van der Waals surface area contributed by atoms with E-state index in [1.807, 2.05) is 36.4 Å². The van der Waals surface area contributed by atoms with E-state index in [1.54, 1.807) is 22.9 Å². The molecule has 0 radical (unpaired) electrons. The van der Waals surface area contributed by atoms with Gasteiger partial charge in [0.2, 0.25) is 0 Å². The van der Waals surface area contributed by atoms with Gasteiger partial charge in [0.15, 0.2) is 0 Å². The molecule has 0 aliphatic heterocycles. The molecular formula is C20H18N2O. The number of carbonyl (C=O) groups is 1. The average Bonchev–Trinajstić information content (AvgIpc) is 2.96. The average molecular weight is 302 g/mol. The Bertz CT molecular complexity index is 919. The molecular weight excluding hydrogens is 284 g/mol. The summed E-state index contributed by atoms with van der Waals surface area (Å²) >= 11 is 0. The summed E-state index contributed by atoms with van der Waals surface area (Å²) in [6, 6.07) is 17.1. The number of hydrogen-bond acceptors (Lipinski definition) is 2. The summed E-state index contributed by atoms with van der Waals surface area (Å²) in [6.07, 6.45) is 1.76. The van der Waals surface area contributed by atoms with Gasteiger partial charge < -0.3 is 0 Å². The number of rotatable bonds is 1. The lowest BCUT2D eigenvalue weighted by Gasteiger charge is -2.19. The molecule has 0 aliphatic rings. The Balaban J connectivity index is 2.02. The zero-order chi connectivity index (χ0) is 16.6. The Kier molecular flexibility index (Phi) is 3.54. The molecule has 3 heteroatoms. The molecule has 114 valence electrons. The molecule has 0 N–H and O–H groups in total. The molecule has 0 saturated carbocycles. The molecule has 23 heavy (non-hydrogen) atoms. The van der Waals surface area contributed by atoms with Gasteiger partial charge in [0.1, 0.15) is 0 Å². The molecule has 1 aromatic heterocycles. The molecule has 0 atom stereocenters. The highest BCUT2D eigenvalue weighted by molar-refractivity contribution is 6.02. The van der Waals surface area contributed by atoms with Gasteiger partial charge in [0.25, 0.3) is 5.91 Å². The highest BCUT2D eigenvalue weighted by Crippen LogP contribution is 2.23. The monoisotopic (exact) mass is 302 g/mol. The number of carbonyl (C=O) groups excluding carboxylic acids is 1. The summed E-state index contributed by atoms with van der Waals surface area (Å²) in [4.78, 5) is 12.8. The van der Waals surface area contributed by atoms with Gasteiger partial charge in [-0.3, -0.25) is 9.36 Å². The van der Waals surface area contributed by atoms with Gasteiger partial charge in [-0.25, -0.2) is 0 Å². The number of nitriles is 1. The fraction of sp³-hybridized carbons (Fsp3) is 0.200. The number of benzene rings is 2. The van der Waals surface area contributed by atoms with Crippen molar-refractivity contribution in [1.82, 2.24) is 4.57 Å². The van der Waals surface area contributed by atoms with E-state index in [9.17, 15) is 4.79 Å². The first-order valence-electron chi connectivity index (χ1n) is 7.56. The first kappa shape index (κ1) is 15.1. The van der Waals surface area contributed by atoms with Crippen LogP contribution in [0.2, 0.25) is 0 Å². The van der Waals surface area contributed by atoms with Gasteiger partial charge >= 0.3 is 0 Å². The number of fused-ring (bicyclic) bond motifs is 1. The lowest BCUT2D eigenvalue weighted by molar-refractivity contribution is 0.0965. The van der Waals surface area contributed by atoms with Crippen LogP contribution in [0.15, 0.2) is 54.7 Å². The first-order chi connectivity index (χ1) is 10.9. The highest BCUT2D eigenvalue weighted by Gasteiger charge is 2.16. The quantitative estimate of drug-likeness (QED) is 0.664. The minimum absolute atomic E-state index is 0.0589.